The number of carbonyl (C=O) groups excluding carboxylic acids is 2. The van der Waals surface area contributed by atoms with Gasteiger partial charge in [-0.1, -0.05) is 59.6 Å². The van der Waals surface area contributed by atoms with Gasteiger partial charge in [-0.3, -0.25) is 4.90 Å². The third kappa shape index (κ3) is 10.0. The quantitative estimate of drug-likeness (QED) is 0.119. The Bertz CT molecular complexity index is 1950. The summed E-state index contributed by atoms with van der Waals surface area (Å²) in [6.45, 7) is -0.123. The maximum atomic E-state index is 15.8. The van der Waals surface area contributed by atoms with Crippen molar-refractivity contribution in [3.8, 4) is 11.5 Å². The SMILES string of the molecule is O=C(O[C@@H](Cc1c(Cl)c[nH+]cc1Cl)c1ccc(OC(F)F)c(OCC2CC2)c1)c1ccc(NC(C(=O)O[C@H]2CN3CCC2CC3)c2ccccc2)c(F)c1.[OH-]. The molecule has 8 rings (SSSR count). The number of halogens is 5. The zero-order valence-corrected chi connectivity index (χ0v) is 31.1. The topological polar surface area (TPSA) is 130 Å². The molecule has 3 N–H and O–H groups in total. The Labute approximate surface area is 326 Å². The standard InChI is InChI=1S/C40H38Cl2F3N3O6.H2O/c41-29-19-46-20-30(42)28(29)18-34(26-9-11-33(54-40(44)45)35(17-26)51-22-23-6-7-23)52-38(49)27-8-10-32(31(43)16-27)47-37(25-4-2-1-3-5-25)39(50)53-36-21-48-14-12-24(36)13-15-48;/h1-5,8-11,16-17,19-20,23-24,34,36-37,40,47H,6-7,12-15,18,21-22H2;1H2/t34-,36-,37?;/m0./s1. The van der Waals surface area contributed by atoms with Gasteiger partial charge in [-0.2, -0.15) is 8.78 Å². The van der Waals surface area contributed by atoms with Crippen LogP contribution in [0.1, 0.15) is 64.9 Å². The first kappa shape index (κ1) is 40.1. The second kappa shape index (κ2) is 17.9. The summed E-state index contributed by atoms with van der Waals surface area (Å²) in [5.74, 6) is -1.71. The van der Waals surface area contributed by atoms with Gasteiger partial charge in [0.05, 0.1) is 17.9 Å². The molecule has 4 fully saturated rings. The van der Waals surface area contributed by atoms with Gasteiger partial charge in [0.15, 0.2) is 29.9 Å². The minimum absolute atomic E-state index is 0. The number of rotatable bonds is 15. The fraction of sp³-hybridized carbons (Fsp3) is 0.375. The van der Waals surface area contributed by atoms with E-state index in [9.17, 15) is 18.4 Å². The molecule has 4 heterocycles. The number of nitrogens with zero attached hydrogens (tertiary/aromatic N) is 1. The number of alkyl halides is 2. The van der Waals surface area contributed by atoms with Crippen LogP contribution in [0.2, 0.25) is 10.0 Å². The van der Waals surface area contributed by atoms with Crippen LogP contribution >= 0.6 is 23.2 Å². The van der Waals surface area contributed by atoms with E-state index in [1.807, 2.05) is 6.07 Å². The van der Waals surface area contributed by atoms with Gasteiger partial charge in [0.25, 0.3) is 0 Å². The van der Waals surface area contributed by atoms with Crippen molar-refractivity contribution in [2.75, 3.05) is 31.6 Å². The van der Waals surface area contributed by atoms with Crippen LogP contribution in [0.3, 0.4) is 0 Å². The molecule has 3 aliphatic heterocycles. The lowest BCUT2D eigenvalue weighted by Crippen LogP contribution is -2.52. The Hall–Kier alpha value is -4.56. The van der Waals surface area contributed by atoms with E-state index >= 15 is 4.39 Å². The Balaban J connectivity index is 0.00000514. The molecule has 10 nitrogen and oxygen atoms in total. The molecule has 4 aliphatic rings. The van der Waals surface area contributed by atoms with Crippen molar-refractivity contribution in [1.29, 1.82) is 0 Å². The molecule has 292 valence electrons. The molecular weight excluding hydrogens is 762 g/mol. The van der Waals surface area contributed by atoms with Crippen LogP contribution in [0.4, 0.5) is 18.9 Å². The molecule has 3 aromatic carbocycles. The Morgan fingerprint density at radius 2 is 1.64 bits per heavy atom. The maximum absolute atomic E-state index is 15.8. The van der Waals surface area contributed by atoms with E-state index in [0.717, 1.165) is 44.8 Å². The molecule has 0 amide bonds. The Kier molecular flexibility index (Phi) is 13.1. The van der Waals surface area contributed by atoms with Gasteiger partial charge < -0.3 is 29.7 Å². The first-order valence-electron chi connectivity index (χ1n) is 17.9. The second-order valence-electron chi connectivity index (χ2n) is 13.9. The number of H-pyrrole nitrogens is 1. The summed E-state index contributed by atoms with van der Waals surface area (Å²) >= 11 is 12.9. The predicted octanol–water partition coefficient (Wildman–Crippen LogP) is 8.09. The third-order valence-electron chi connectivity index (χ3n) is 10.1. The molecular formula is C40H40Cl2F3N3O7. The molecule has 15 heteroatoms. The number of ether oxygens (including phenoxy) is 4. The fourth-order valence-electron chi connectivity index (χ4n) is 6.90. The van der Waals surface area contributed by atoms with Gasteiger partial charge in [0.1, 0.15) is 28.1 Å². The van der Waals surface area contributed by atoms with Crippen molar-refractivity contribution in [3.63, 3.8) is 0 Å². The van der Waals surface area contributed by atoms with Gasteiger partial charge in [-0.15, -0.1) is 0 Å². The highest BCUT2D eigenvalue weighted by molar-refractivity contribution is 6.35. The lowest BCUT2D eigenvalue weighted by molar-refractivity contribution is -0.377. The highest BCUT2D eigenvalue weighted by atomic mass is 35.5. The van der Waals surface area contributed by atoms with Crippen molar-refractivity contribution in [2.45, 2.75) is 57.0 Å². The minimum atomic E-state index is -3.09. The fourth-order valence-corrected chi connectivity index (χ4v) is 7.44. The summed E-state index contributed by atoms with van der Waals surface area (Å²) in [5, 5.41) is 3.54. The van der Waals surface area contributed by atoms with Crippen LogP contribution < -0.4 is 19.8 Å². The van der Waals surface area contributed by atoms with Crippen LogP contribution in [0, 0.1) is 17.7 Å². The van der Waals surface area contributed by atoms with Crippen LogP contribution in [0.5, 0.6) is 11.5 Å². The first-order valence-corrected chi connectivity index (χ1v) is 18.7. The molecule has 0 spiro atoms. The van der Waals surface area contributed by atoms with Crippen LogP contribution in [0.15, 0.2) is 79.1 Å². The molecule has 4 aromatic rings. The number of nitrogens with one attached hydrogen (secondary N) is 2. The number of aromatic amines is 1. The Morgan fingerprint density at radius 1 is 0.909 bits per heavy atom. The van der Waals surface area contributed by atoms with Crippen molar-refractivity contribution >= 4 is 40.8 Å². The number of fused-ring (bicyclic) bond motifs is 3. The Morgan fingerprint density at radius 3 is 2.27 bits per heavy atom. The van der Waals surface area contributed by atoms with Crippen LogP contribution in [0.25, 0.3) is 0 Å². The highest BCUT2D eigenvalue weighted by Gasteiger charge is 2.38. The lowest BCUT2D eigenvalue weighted by Gasteiger charge is -2.44. The first-order chi connectivity index (χ1) is 26.1. The summed E-state index contributed by atoms with van der Waals surface area (Å²) in [7, 11) is 0. The van der Waals surface area contributed by atoms with Crippen LogP contribution in [-0.4, -0.2) is 61.3 Å². The number of pyridine rings is 1. The molecule has 55 heavy (non-hydrogen) atoms. The van der Waals surface area contributed by atoms with Gasteiger partial charge >= 0.3 is 18.6 Å². The smallest absolute Gasteiger partial charge is 0.387 e. The summed E-state index contributed by atoms with van der Waals surface area (Å²) < 4.78 is 64.9. The zero-order chi connectivity index (χ0) is 37.8. The molecule has 3 atom stereocenters. The van der Waals surface area contributed by atoms with Gasteiger partial charge in [0.2, 0.25) is 0 Å². The molecule has 1 aromatic heterocycles. The average Bonchev–Trinajstić information content (AvgIpc) is 4.00. The largest absolute Gasteiger partial charge is 0.870 e. The van der Waals surface area contributed by atoms with Crippen molar-refractivity contribution in [3.05, 3.63) is 117 Å². The molecule has 3 saturated heterocycles. The maximum Gasteiger partial charge on any atom is 0.387 e. The normalized spacial score (nSPS) is 19.9. The number of aromatic nitrogens is 1. The van der Waals surface area contributed by atoms with Gasteiger partial charge in [-0.05, 0) is 92.1 Å². The number of anilines is 1. The van der Waals surface area contributed by atoms with E-state index in [1.165, 1.54) is 42.7 Å². The van der Waals surface area contributed by atoms with Crippen LogP contribution in [-0.2, 0) is 20.7 Å². The van der Waals surface area contributed by atoms with E-state index in [4.69, 9.17) is 42.1 Å². The minimum Gasteiger partial charge on any atom is -0.870 e. The number of hydrogen-bond acceptors (Lipinski definition) is 9. The number of esters is 2. The summed E-state index contributed by atoms with van der Waals surface area (Å²) in [4.78, 5) is 32.4. The second-order valence-corrected chi connectivity index (χ2v) is 14.7. The van der Waals surface area contributed by atoms with Crippen molar-refractivity contribution in [1.82, 2.24) is 4.90 Å². The van der Waals surface area contributed by atoms with E-state index in [-0.39, 0.29) is 50.8 Å². The predicted molar refractivity (Wildman–Crippen MR) is 196 cm³/mol. The van der Waals surface area contributed by atoms with E-state index in [2.05, 4.69) is 15.2 Å². The van der Waals surface area contributed by atoms with E-state index in [0.29, 0.717) is 41.7 Å². The highest BCUT2D eigenvalue weighted by Crippen LogP contribution is 2.38. The van der Waals surface area contributed by atoms with E-state index < -0.39 is 36.5 Å². The molecule has 1 aliphatic carbocycles. The number of hydrogen-bond donors (Lipinski definition) is 1. The number of piperidine rings is 3. The monoisotopic (exact) mass is 801 g/mol. The lowest BCUT2D eigenvalue weighted by atomic mass is 9.86. The summed E-state index contributed by atoms with van der Waals surface area (Å²) in [6, 6.07) is 15.9. The summed E-state index contributed by atoms with van der Waals surface area (Å²) in [5.41, 5.74) is 1.29. The van der Waals surface area contributed by atoms with Crippen molar-refractivity contribution < 1.29 is 52.2 Å². The number of carbonyl (C=O) groups is 2. The van der Waals surface area contributed by atoms with Crippen molar-refractivity contribution in [2.24, 2.45) is 11.8 Å². The molecule has 1 unspecified atom stereocenters. The molecule has 2 bridgehead atoms. The molecule has 1 saturated carbocycles. The summed E-state index contributed by atoms with van der Waals surface area (Å²) in [6.07, 6.45) is 5.57. The number of benzene rings is 3. The zero-order valence-electron chi connectivity index (χ0n) is 29.6. The average molecular weight is 803 g/mol. The third-order valence-corrected chi connectivity index (χ3v) is 10.8. The van der Waals surface area contributed by atoms with Gasteiger partial charge in [0, 0.05) is 18.5 Å². The molecule has 0 radical (unpaired) electrons. The van der Waals surface area contributed by atoms with Gasteiger partial charge in [-0.25, -0.2) is 19.0 Å². The van der Waals surface area contributed by atoms with E-state index in [1.54, 1.807) is 24.3 Å².